The van der Waals surface area contributed by atoms with Gasteiger partial charge in [-0.05, 0) is 69.6 Å². The highest BCUT2D eigenvalue weighted by atomic mass is 19.1. The Labute approximate surface area is 128 Å². The van der Waals surface area contributed by atoms with Crippen LogP contribution in [0.5, 0.6) is 0 Å². The Kier molecular flexibility index (Phi) is 7.17. The SMILES string of the molecule is CCCNC(CCN1CCCCCC1)c1ccc(F)cc1. The molecule has 1 heterocycles. The number of benzene rings is 1. The second kappa shape index (κ2) is 9.16. The Bertz CT molecular complexity index is 383. The molecule has 1 saturated heterocycles. The minimum Gasteiger partial charge on any atom is -0.310 e. The van der Waals surface area contributed by atoms with Crippen LogP contribution in [0.1, 0.15) is 57.1 Å². The van der Waals surface area contributed by atoms with Gasteiger partial charge >= 0.3 is 0 Å². The van der Waals surface area contributed by atoms with E-state index in [2.05, 4.69) is 17.1 Å². The number of halogens is 1. The Hall–Kier alpha value is -0.930. The largest absolute Gasteiger partial charge is 0.310 e. The molecule has 1 atom stereocenters. The first-order valence-corrected chi connectivity index (χ1v) is 8.51. The third kappa shape index (κ3) is 5.76. The Balaban J connectivity index is 1.90. The molecular weight excluding hydrogens is 263 g/mol. The van der Waals surface area contributed by atoms with Gasteiger partial charge in [-0.25, -0.2) is 4.39 Å². The normalized spacial score (nSPS) is 18.4. The van der Waals surface area contributed by atoms with Crippen LogP contribution in [0.3, 0.4) is 0 Å². The lowest BCUT2D eigenvalue weighted by Gasteiger charge is -2.25. The van der Waals surface area contributed by atoms with Crippen molar-refractivity contribution >= 4 is 0 Å². The predicted molar refractivity (Wildman–Crippen MR) is 87.0 cm³/mol. The van der Waals surface area contributed by atoms with Crippen molar-refractivity contribution in [2.75, 3.05) is 26.2 Å². The molecular formula is C18H29FN2. The van der Waals surface area contributed by atoms with E-state index in [4.69, 9.17) is 0 Å². The van der Waals surface area contributed by atoms with Gasteiger partial charge < -0.3 is 10.2 Å². The number of likely N-dealkylation sites (tertiary alicyclic amines) is 1. The molecule has 0 radical (unpaired) electrons. The second-order valence-electron chi connectivity index (χ2n) is 6.10. The van der Waals surface area contributed by atoms with Gasteiger partial charge in [0.15, 0.2) is 0 Å². The summed E-state index contributed by atoms with van der Waals surface area (Å²) in [7, 11) is 0. The molecule has 1 N–H and O–H groups in total. The molecule has 21 heavy (non-hydrogen) atoms. The lowest BCUT2D eigenvalue weighted by Crippen LogP contribution is -2.30. The van der Waals surface area contributed by atoms with Gasteiger partial charge in [0.1, 0.15) is 5.82 Å². The van der Waals surface area contributed by atoms with Crippen molar-refractivity contribution in [3.05, 3.63) is 35.6 Å². The van der Waals surface area contributed by atoms with Gasteiger partial charge in [0.25, 0.3) is 0 Å². The van der Waals surface area contributed by atoms with E-state index in [1.165, 1.54) is 44.3 Å². The van der Waals surface area contributed by atoms with Crippen molar-refractivity contribution < 1.29 is 4.39 Å². The van der Waals surface area contributed by atoms with Crippen molar-refractivity contribution in [1.82, 2.24) is 10.2 Å². The van der Waals surface area contributed by atoms with Crippen LogP contribution < -0.4 is 5.32 Å². The summed E-state index contributed by atoms with van der Waals surface area (Å²) in [6.45, 7) is 6.82. The smallest absolute Gasteiger partial charge is 0.123 e. The van der Waals surface area contributed by atoms with Crippen molar-refractivity contribution in [2.24, 2.45) is 0 Å². The molecule has 0 aliphatic carbocycles. The minimum atomic E-state index is -0.152. The van der Waals surface area contributed by atoms with Gasteiger partial charge in [-0.3, -0.25) is 0 Å². The van der Waals surface area contributed by atoms with Crippen LogP contribution in [-0.2, 0) is 0 Å². The molecule has 1 unspecified atom stereocenters. The predicted octanol–water partition coefficient (Wildman–Crippen LogP) is 4.13. The van der Waals surface area contributed by atoms with Crippen molar-refractivity contribution in [1.29, 1.82) is 0 Å². The van der Waals surface area contributed by atoms with Gasteiger partial charge in [-0.15, -0.1) is 0 Å². The Morgan fingerprint density at radius 2 is 1.76 bits per heavy atom. The Morgan fingerprint density at radius 1 is 1.10 bits per heavy atom. The average Bonchev–Trinajstić information content (AvgIpc) is 2.77. The fraction of sp³-hybridized carbons (Fsp3) is 0.667. The highest BCUT2D eigenvalue weighted by molar-refractivity contribution is 5.20. The standard InChI is InChI=1S/C18H29FN2/c1-2-12-20-18(16-7-9-17(19)10-8-16)11-15-21-13-5-3-4-6-14-21/h7-10,18,20H,2-6,11-15H2,1H3. The zero-order valence-electron chi connectivity index (χ0n) is 13.3. The van der Waals surface area contributed by atoms with Gasteiger partial charge in [-0.2, -0.15) is 0 Å². The molecule has 1 aromatic rings. The number of hydrogen-bond donors (Lipinski definition) is 1. The summed E-state index contributed by atoms with van der Waals surface area (Å²) < 4.78 is 13.1. The fourth-order valence-corrected chi connectivity index (χ4v) is 3.07. The van der Waals surface area contributed by atoms with E-state index in [0.29, 0.717) is 6.04 Å². The molecule has 2 nitrogen and oxygen atoms in total. The molecule has 0 amide bonds. The lowest BCUT2D eigenvalue weighted by atomic mass is 10.0. The molecule has 0 spiro atoms. The summed E-state index contributed by atoms with van der Waals surface area (Å²) in [5.74, 6) is -0.152. The molecule has 0 saturated carbocycles. The summed E-state index contributed by atoms with van der Waals surface area (Å²) in [4.78, 5) is 2.59. The van der Waals surface area contributed by atoms with Gasteiger partial charge in [0.05, 0.1) is 0 Å². The van der Waals surface area contributed by atoms with Crippen molar-refractivity contribution in [2.45, 2.75) is 51.5 Å². The zero-order valence-corrected chi connectivity index (χ0v) is 13.3. The van der Waals surface area contributed by atoms with E-state index in [0.717, 1.165) is 25.9 Å². The van der Waals surface area contributed by atoms with Crippen molar-refractivity contribution in [3.8, 4) is 0 Å². The van der Waals surface area contributed by atoms with Crippen LogP contribution in [0, 0.1) is 5.82 Å². The number of nitrogens with one attached hydrogen (secondary N) is 1. The first kappa shape index (κ1) is 16.4. The highest BCUT2D eigenvalue weighted by Gasteiger charge is 2.14. The van der Waals surface area contributed by atoms with Gasteiger partial charge in [0, 0.05) is 6.04 Å². The van der Waals surface area contributed by atoms with Gasteiger partial charge in [0.2, 0.25) is 0 Å². The average molecular weight is 292 g/mol. The first-order chi connectivity index (χ1) is 10.3. The van der Waals surface area contributed by atoms with Crippen LogP contribution in [0.2, 0.25) is 0 Å². The van der Waals surface area contributed by atoms with E-state index in [1.54, 1.807) is 12.1 Å². The lowest BCUT2D eigenvalue weighted by molar-refractivity contribution is 0.266. The van der Waals surface area contributed by atoms with Crippen LogP contribution >= 0.6 is 0 Å². The molecule has 0 aromatic heterocycles. The van der Waals surface area contributed by atoms with Crippen LogP contribution in [-0.4, -0.2) is 31.1 Å². The summed E-state index contributed by atoms with van der Waals surface area (Å²) in [6, 6.07) is 7.33. The van der Waals surface area contributed by atoms with E-state index in [1.807, 2.05) is 12.1 Å². The van der Waals surface area contributed by atoms with Crippen LogP contribution in [0.4, 0.5) is 4.39 Å². The first-order valence-electron chi connectivity index (χ1n) is 8.51. The molecule has 1 fully saturated rings. The fourth-order valence-electron chi connectivity index (χ4n) is 3.07. The molecule has 1 aromatic carbocycles. The topological polar surface area (TPSA) is 15.3 Å². The van der Waals surface area contributed by atoms with Crippen LogP contribution in [0.25, 0.3) is 0 Å². The molecule has 1 aliphatic rings. The van der Waals surface area contributed by atoms with E-state index in [-0.39, 0.29) is 5.82 Å². The van der Waals surface area contributed by atoms with Gasteiger partial charge in [-0.1, -0.05) is 31.9 Å². The van der Waals surface area contributed by atoms with E-state index in [9.17, 15) is 4.39 Å². The maximum atomic E-state index is 13.1. The zero-order chi connectivity index (χ0) is 14.9. The quantitative estimate of drug-likeness (QED) is 0.813. The molecule has 0 bridgehead atoms. The van der Waals surface area contributed by atoms with E-state index < -0.39 is 0 Å². The number of nitrogens with zero attached hydrogens (tertiary/aromatic N) is 1. The third-order valence-corrected chi connectivity index (χ3v) is 4.35. The minimum absolute atomic E-state index is 0.152. The molecule has 118 valence electrons. The highest BCUT2D eigenvalue weighted by Crippen LogP contribution is 2.19. The van der Waals surface area contributed by atoms with E-state index >= 15 is 0 Å². The monoisotopic (exact) mass is 292 g/mol. The molecule has 2 rings (SSSR count). The third-order valence-electron chi connectivity index (χ3n) is 4.35. The maximum Gasteiger partial charge on any atom is 0.123 e. The summed E-state index contributed by atoms with van der Waals surface area (Å²) in [6.07, 6.45) is 7.66. The van der Waals surface area contributed by atoms with Crippen molar-refractivity contribution in [3.63, 3.8) is 0 Å². The van der Waals surface area contributed by atoms with Crippen LogP contribution in [0.15, 0.2) is 24.3 Å². The number of rotatable bonds is 7. The Morgan fingerprint density at radius 3 is 2.38 bits per heavy atom. The summed E-state index contributed by atoms with van der Waals surface area (Å²) >= 11 is 0. The molecule has 1 aliphatic heterocycles. The molecule has 3 heteroatoms. The maximum absolute atomic E-state index is 13.1. The summed E-state index contributed by atoms with van der Waals surface area (Å²) in [5.41, 5.74) is 1.21. The summed E-state index contributed by atoms with van der Waals surface area (Å²) in [5, 5.41) is 3.61. The second-order valence-corrected chi connectivity index (χ2v) is 6.10. The number of hydrogen-bond acceptors (Lipinski definition) is 2.